The Morgan fingerprint density at radius 2 is 1.48 bits per heavy atom. The van der Waals surface area contributed by atoms with Gasteiger partial charge in [-0.3, -0.25) is 5.32 Å². The summed E-state index contributed by atoms with van der Waals surface area (Å²) in [6.45, 7) is 2.98. The van der Waals surface area contributed by atoms with Crippen LogP contribution >= 0.6 is 12.4 Å². The zero-order valence-corrected chi connectivity index (χ0v) is 18.4. The molecule has 4 rings (SSSR count). The van der Waals surface area contributed by atoms with Crippen LogP contribution in [0.4, 0.5) is 10.5 Å². The van der Waals surface area contributed by atoms with Crippen molar-refractivity contribution in [3.8, 4) is 11.1 Å². The Bertz CT molecular complexity index is 942. The molecule has 1 fully saturated rings. The minimum Gasteiger partial charge on any atom is -0.446 e. The monoisotopic (exact) mass is 436 g/mol. The average Bonchev–Trinajstić information content (AvgIpc) is 2.80. The maximum Gasteiger partial charge on any atom is 0.411 e. The van der Waals surface area contributed by atoms with Crippen LogP contribution in [0.25, 0.3) is 11.1 Å². The molecule has 0 bridgehead atoms. The molecule has 3 aromatic carbocycles. The van der Waals surface area contributed by atoms with Crippen LogP contribution < -0.4 is 5.32 Å². The van der Waals surface area contributed by atoms with Crippen molar-refractivity contribution in [3.05, 3.63) is 90.5 Å². The summed E-state index contributed by atoms with van der Waals surface area (Å²) in [6.07, 6.45) is 2.41. The van der Waals surface area contributed by atoms with E-state index in [0.29, 0.717) is 0 Å². The predicted octanol–water partition coefficient (Wildman–Crippen LogP) is 6.03. The highest BCUT2D eigenvalue weighted by molar-refractivity contribution is 5.91. The lowest BCUT2D eigenvalue weighted by atomic mass is 10.0. The van der Waals surface area contributed by atoms with E-state index in [0.717, 1.165) is 55.7 Å². The molecule has 1 aliphatic heterocycles. The molecule has 1 amide bonds. The highest BCUT2D eigenvalue weighted by atomic mass is 35.5. The van der Waals surface area contributed by atoms with E-state index in [1.165, 1.54) is 5.56 Å². The lowest BCUT2D eigenvalue weighted by Crippen LogP contribution is -2.39. The van der Waals surface area contributed by atoms with Crippen LogP contribution in [0.3, 0.4) is 0 Å². The van der Waals surface area contributed by atoms with Gasteiger partial charge in [-0.1, -0.05) is 78.9 Å². The van der Waals surface area contributed by atoms with E-state index in [2.05, 4.69) is 40.5 Å². The van der Waals surface area contributed by atoms with Crippen molar-refractivity contribution in [2.45, 2.75) is 25.4 Å². The van der Waals surface area contributed by atoms with Crippen molar-refractivity contribution >= 4 is 24.2 Å². The first-order valence-electron chi connectivity index (χ1n) is 10.7. The highest BCUT2D eigenvalue weighted by Gasteiger charge is 2.22. The van der Waals surface area contributed by atoms with Crippen LogP contribution in [0.2, 0.25) is 0 Å². The molecule has 3 aromatic rings. The smallest absolute Gasteiger partial charge is 0.411 e. The minimum atomic E-state index is -0.374. The molecule has 5 heteroatoms. The summed E-state index contributed by atoms with van der Waals surface area (Å²) in [6, 6.07) is 28.5. The zero-order chi connectivity index (χ0) is 20.6. The van der Waals surface area contributed by atoms with Gasteiger partial charge in [0.1, 0.15) is 6.10 Å². The predicted molar refractivity (Wildman–Crippen MR) is 129 cm³/mol. The van der Waals surface area contributed by atoms with E-state index in [9.17, 15) is 4.79 Å². The second-order valence-corrected chi connectivity index (χ2v) is 7.72. The van der Waals surface area contributed by atoms with Crippen molar-refractivity contribution in [2.75, 3.05) is 25.0 Å². The second-order valence-electron chi connectivity index (χ2n) is 7.72. The van der Waals surface area contributed by atoms with E-state index < -0.39 is 0 Å². The molecular formula is C26H29ClN2O2. The molecule has 1 N–H and O–H groups in total. The normalized spacial score (nSPS) is 14.5. The number of carbonyl (C=O) groups is 1. The number of likely N-dealkylation sites (tertiary alicyclic amines) is 1. The number of ether oxygens (including phenoxy) is 1. The number of halogens is 1. The summed E-state index contributed by atoms with van der Waals surface area (Å²) in [5.41, 5.74) is 4.20. The lowest BCUT2D eigenvalue weighted by Gasteiger charge is -2.31. The molecule has 0 radical (unpaired) electrons. The summed E-state index contributed by atoms with van der Waals surface area (Å²) in [5.74, 6) is 0. The zero-order valence-electron chi connectivity index (χ0n) is 17.6. The number of anilines is 1. The molecule has 0 saturated carbocycles. The average molecular weight is 437 g/mol. The molecule has 1 saturated heterocycles. The van der Waals surface area contributed by atoms with Crippen LogP contribution in [-0.4, -0.2) is 36.7 Å². The Balaban J connectivity index is 0.00000272. The van der Waals surface area contributed by atoms with Gasteiger partial charge in [-0.25, -0.2) is 4.79 Å². The topological polar surface area (TPSA) is 41.6 Å². The van der Waals surface area contributed by atoms with Gasteiger partial charge in [0.15, 0.2) is 0 Å². The van der Waals surface area contributed by atoms with Gasteiger partial charge in [0.25, 0.3) is 0 Å². The third kappa shape index (κ3) is 6.58. The Kier molecular flexibility index (Phi) is 8.51. The Morgan fingerprint density at radius 1 is 0.871 bits per heavy atom. The van der Waals surface area contributed by atoms with E-state index in [1.807, 2.05) is 54.6 Å². The standard InChI is InChI=1S/C26H28N2O2.ClH/c29-26(27-25-14-8-7-13-24(25)22-11-5-2-6-12-22)30-23-16-19-28(20-17-23)18-15-21-9-3-1-4-10-21;/h1-14,23H,15-20H2,(H,27,29);1H. The Labute approximate surface area is 190 Å². The van der Waals surface area contributed by atoms with Gasteiger partial charge in [0, 0.05) is 25.2 Å². The summed E-state index contributed by atoms with van der Waals surface area (Å²) in [7, 11) is 0. The number of hydrogen-bond acceptors (Lipinski definition) is 3. The first-order valence-corrected chi connectivity index (χ1v) is 10.7. The van der Waals surface area contributed by atoms with Crippen molar-refractivity contribution in [3.63, 3.8) is 0 Å². The number of para-hydroxylation sites is 1. The van der Waals surface area contributed by atoms with Gasteiger partial charge in [-0.2, -0.15) is 0 Å². The Hall–Kier alpha value is -2.82. The van der Waals surface area contributed by atoms with Gasteiger partial charge < -0.3 is 9.64 Å². The van der Waals surface area contributed by atoms with Gasteiger partial charge in [-0.15, -0.1) is 12.4 Å². The van der Waals surface area contributed by atoms with Crippen LogP contribution in [0.15, 0.2) is 84.9 Å². The summed E-state index contributed by atoms with van der Waals surface area (Å²) in [5, 5.41) is 2.94. The number of hydrogen-bond donors (Lipinski definition) is 1. The van der Waals surface area contributed by atoms with Crippen molar-refractivity contribution in [2.24, 2.45) is 0 Å². The summed E-state index contributed by atoms with van der Waals surface area (Å²) < 4.78 is 5.72. The summed E-state index contributed by atoms with van der Waals surface area (Å²) in [4.78, 5) is 15.0. The molecule has 0 aromatic heterocycles. The van der Waals surface area contributed by atoms with Crippen molar-refractivity contribution in [1.82, 2.24) is 4.90 Å². The van der Waals surface area contributed by atoms with Gasteiger partial charge in [-0.05, 0) is 36.5 Å². The van der Waals surface area contributed by atoms with Gasteiger partial charge in [0.05, 0.1) is 5.69 Å². The Morgan fingerprint density at radius 3 is 2.19 bits per heavy atom. The number of rotatable bonds is 6. The molecule has 0 atom stereocenters. The van der Waals surface area contributed by atoms with Crippen LogP contribution in [-0.2, 0) is 11.2 Å². The minimum absolute atomic E-state index is 0. The molecule has 1 heterocycles. The molecular weight excluding hydrogens is 408 g/mol. The quantitative estimate of drug-likeness (QED) is 0.512. The number of amides is 1. The number of benzene rings is 3. The van der Waals surface area contributed by atoms with Gasteiger partial charge >= 0.3 is 6.09 Å². The second kappa shape index (κ2) is 11.5. The van der Waals surface area contributed by atoms with Gasteiger partial charge in [0.2, 0.25) is 0 Å². The van der Waals surface area contributed by atoms with E-state index in [4.69, 9.17) is 4.74 Å². The fourth-order valence-electron chi connectivity index (χ4n) is 3.93. The third-order valence-electron chi connectivity index (χ3n) is 5.62. The molecule has 0 aliphatic carbocycles. The van der Waals surface area contributed by atoms with E-state index in [-0.39, 0.29) is 24.6 Å². The SMILES string of the molecule is Cl.O=C(Nc1ccccc1-c1ccccc1)OC1CCN(CCc2ccccc2)CC1. The first kappa shape index (κ1) is 22.9. The number of nitrogens with one attached hydrogen (secondary N) is 1. The molecule has 31 heavy (non-hydrogen) atoms. The third-order valence-corrected chi connectivity index (χ3v) is 5.62. The molecule has 0 unspecified atom stereocenters. The van der Waals surface area contributed by atoms with E-state index in [1.54, 1.807) is 0 Å². The van der Waals surface area contributed by atoms with Crippen molar-refractivity contribution < 1.29 is 9.53 Å². The maximum absolute atomic E-state index is 12.5. The maximum atomic E-state index is 12.5. The van der Waals surface area contributed by atoms with Crippen LogP contribution in [0, 0.1) is 0 Å². The number of carbonyl (C=O) groups excluding carboxylic acids is 1. The van der Waals surface area contributed by atoms with Crippen LogP contribution in [0.1, 0.15) is 18.4 Å². The highest BCUT2D eigenvalue weighted by Crippen LogP contribution is 2.28. The fraction of sp³-hybridized carbons (Fsp3) is 0.269. The summed E-state index contributed by atoms with van der Waals surface area (Å²) >= 11 is 0. The molecule has 162 valence electrons. The first-order chi connectivity index (χ1) is 14.8. The van der Waals surface area contributed by atoms with Crippen molar-refractivity contribution in [1.29, 1.82) is 0 Å². The number of nitrogens with zero attached hydrogens (tertiary/aromatic N) is 1. The van der Waals surface area contributed by atoms with E-state index >= 15 is 0 Å². The molecule has 4 nitrogen and oxygen atoms in total. The lowest BCUT2D eigenvalue weighted by molar-refractivity contribution is 0.0593. The fourth-order valence-corrected chi connectivity index (χ4v) is 3.93. The number of piperidine rings is 1. The van der Waals surface area contributed by atoms with Crippen LogP contribution in [0.5, 0.6) is 0 Å². The largest absolute Gasteiger partial charge is 0.446 e. The molecule has 1 aliphatic rings. The molecule has 0 spiro atoms.